The summed E-state index contributed by atoms with van der Waals surface area (Å²) in [5.41, 5.74) is -1.45. The first-order valence-corrected chi connectivity index (χ1v) is 11.9. The molecule has 13 heteroatoms. The normalized spacial score (nSPS) is 20.8. The first-order valence-electron chi connectivity index (χ1n) is 11.9. The zero-order valence-electron chi connectivity index (χ0n) is 20.4. The van der Waals surface area contributed by atoms with E-state index >= 15 is 0 Å². The van der Waals surface area contributed by atoms with Crippen molar-refractivity contribution in [2.24, 2.45) is 0 Å². The van der Waals surface area contributed by atoms with E-state index in [1.807, 2.05) is 13.8 Å². The fraction of sp³-hybridized carbons (Fsp3) is 0.458. The van der Waals surface area contributed by atoms with Gasteiger partial charge in [-0.1, -0.05) is 19.9 Å². The largest absolute Gasteiger partial charge is 0.433 e. The van der Waals surface area contributed by atoms with Crippen LogP contribution in [0.15, 0.2) is 36.5 Å². The van der Waals surface area contributed by atoms with Gasteiger partial charge in [-0.3, -0.25) is 4.98 Å². The lowest BCUT2D eigenvalue weighted by Gasteiger charge is -2.20. The number of rotatable bonds is 6. The Morgan fingerprint density at radius 3 is 2.32 bits per heavy atom. The molecule has 3 aromatic rings. The lowest BCUT2D eigenvalue weighted by atomic mass is 9.96. The molecule has 198 valence electrons. The number of hydrogen-bond acceptors (Lipinski definition) is 8. The summed E-state index contributed by atoms with van der Waals surface area (Å²) in [5.74, 6) is -3.24. The standard InChI is InChI=1S/C22H20F5N7O.C2H6/c1-21(23,24)17-9-11(7-8-28-17)29-19-32-18(13-3-2-4-16(30-13)22(25,26)27)33-20(34-19)31-14-10-12-5-6-15(14)35-12;1-2/h2-4,7-9,12,14-15H,5-6,10H2,1H3,(H2,28,29,31,32,33,34);1-2H3. The van der Waals surface area contributed by atoms with Crippen LogP contribution in [-0.4, -0.2) is 43.2 Å². The van der Waals surface area contributed by atoms with Gasteiger partial charge in [0.25, 0.3) is 5.92 Å². The monoisotopic (exact) mass is 523 g/mol. The molecule has 2 saturated heterocycles. The maximum absolute atomic E-state index is 13.7. The predicted molar refractivity (Wildman–Crippen MR) is 126 cm³/mol. The number of fused-ring (bicyclic) bond motifs is 2. The smallest absolute Gasteiger partial charge is 0.373 e. The second-order valence-corrected chi connectivity index (χ2v) is 8.52. The summed E-state index contributed by atoms with van der Waals surface area (Å²) in [7, 11) is 0. The average molecular weight is 524 g/mol. The van der Waals surface area contributed by atoms with E-state index in [9.17, 15) is 22.0 Å². The summed E-state index contributed by atoms with van der Waals surface area (Å²) >= 11 is 0. The van der Waals surface area contributed by atoms with E-state index in [1.165, 1.54) is 24.4 Å². The number of aromatic nitrogens is 5. The van der Waals surface area contributed by atoms with Gasteiger partial charge >= 0.3 is 6.18 Å². The molecule has 0 saturated carbocycles. The number of ether oxygens (including phenoxy) is 1. The van der Waals surface area contributed by atoms with Crippen molar-refractivity contribution >= 4 is 17.6 Å². The molecular formula is C24H26F5N7O. The lowest BCUT2D eigenvalue weighted by Crippen LogP contribution is -2.31. The summed E-state index contributed by atoms with van der Waals surface area (Å²) in [5, 5.41) is 5.99. The Hall–Kier alpha value is -3.48. The molecule has 3 unspecified atom stereocenters. The van der Waals surface area contributed by atoms with Crippen LogP contribution < -0.4 is 10.6 Å². The van der Waals surface area contributed by atoms with Crippen molar-refractivity contribution in [1.82, 2.24) is 24.9 Å². The molecule has 2 aliphatic rings. The van der Waals surface area contributed by atoms with Crippen molar-refractivity contribution in [2.75, 3.05) is 10.6 Å². The van der Waals surface area contributed by atoms with Crippen molar-refractivity contribution in [1.29, 1.82) is 0 Å². The van der Waals surface area contributed by atoms with Gasteiger partial charge in [0.15, 0.2) is 5.82 Å². The molecule has 0 amide bonds. The Morgan fingerprint density at radius 2 is 1.68 bits per heavy atom. The number of alkyl halides is 5. The second kappa shape index (κ2) is 10.5. The highest BCUT2D eigenvalue weighted by Gasteiger charge is 2.41. The Labute approximate surface area is 210 Å². The maximum Gasteiger partial charge on any atom is 0.433 e. The third-order valence-electron chi connectivity index (χ3n) is 5.79. The molecule has 0 radical (unpaired) electrons. The quantitative estimate of drug-likeness (QED) is 0.382. The summed E-state index contributed by atoms with van der Waals surface area (Å²) in [6.45, 7) is 4.72. The topological polar surface area (TPSA) is 97.7 Å². The van der Waals surface area contributed by atoms with Crippen LogP contribution in [0, 0.1) is 0 Å². The van der Waals surface area contributed by atoms with Gasteiger partial charge in [-0.2, -0.15) is 36.9 Å². The number of anilines is 3. The van der Waals surface area contributed by atoms with E-state index in [1.54, 1.807) is 0 Å². The van der Waals surface area contributed by atoms with Gasteiger partial charge in [-0.25, -0.2) is 4.98 Å². The average Bonchev–Trinajstić information content (AvgIpc) is 3.48. The van der Waals surface area contributed by atoms with Crippen LogP contribution in [0.3, 0.4) is 0 Å². The summed E-state index contributed by atoms with van der Waals surface area (Å²) in [6, 6.07) is 5.91. The molecule has 0 aliphatic carbocycles. The zero-order valence-corrected chi connectivity index (χ0v) is 20.4. The van der Waals surface area contributed by atoms with Crippen LogP contribution in [0.4, 0.5) is 39.5 Å². The van der Waals surface area contributed by atoms with Crippen molar-refractivity contribution in [2.45, 2.75) is 70.4 Å². The van der Waals surface area contributed by atoms with Gasteiger partial charge in [0.05, 0.1) is 18.2 Å². The second-order valence-electron chi connectivity index (χ2n) is 8.52. The number of pyridine rings is 2. The highest BCUT2D eigenvalue weighted by Crippen LogP contribution is 2.36. The van der Waals surface area contributed by atoms with Crippen molar-refractivity contribution in [3.63, 3.8) is 0 Å². The molecule has 2 N–H and O–H groups in total. The van der Waals surface area contributed by atoms with E-state index in [4.69, 9.17) is 4.74 Å². The molecule has 3 aromatic heterocycles. The molecule has 3 atom stereocenters. The molecular weight excluding hydrogens is 497 g/mol. The van der Waals surface area contributed by atoms with Crippen molar-refractivity contribution in [3.05, 3.63) is 47.9 Å². The minimum atomic E-state index is -4.65. The van der Waals surface area contributed by atoms with Crippen LogP contribution in [0.2, 0.25) is 0 Å². The Bertz CT molecular complexity index is 1230. The molecule has 2 bridgehead atoms. The highest BCUT2D eigenvalue weighted by molar-refractivity contribution is 5.59. The Morgan fingerprint density at radius 1 is 0.919 bits per heavy atom. The van der Waals surface area contributed by atoms with E-state index in [2.05, 4.69) is 35.6 Å². The van der Waals surface area contributed by atoms with E-state index in [0.29, 0.717) is 0 Å². The fourth-order valence-corrected chi connectivity index (χ4v) is 4.16. The predicted octanol–water partition coefficient (Wildman–Crippen LogP) is 5.96. The van der Waals surface area contributed by atoms with Gasteiger partial charge in [0.1, 0.15) is 17.1 Å². The van der Waals surface area contributed by atoms with Crippen LogP contribution in [0.25, 0.3) is 11.5 Å². The lowest BCUT2D eigenvalue weighted by molar-refractivity contribution is -0.141. The molecule has 0 aromatic carbocycles. The molecule has 5 heterocycles. The molecule has 8 nitrogen and oxygen atoms in total. The number of halogens is 5. The molecule has 2 aliphatic heterocycles. The van der Waals surface area contributed by atoms with E-state index < -0.39 is 23.5 Å². The van der Waals surface area contributed by atoms with Gasteiger partial charge in [0.2, 0.25) is 11.9 Å². The van der Waals surface area contributed by atoms with Crippen LogP contribution in [0.1, 0.15) is 51.4 Å². The minimum Gasteiger partial charge on any atom is -0.373 e. The van der Waals surface area contributed by atoms with E-state index in [0.717, 1.165) is 38.3 Å². The third-order valence-corrected chi connectivity index (χ3v) is 5.79. The first-order chi connectivity index (χ1) is 17.5. The molecule has 2 fully saturated rings. The summed E-state index contributed by atoms with van der Waals surface area (Å²) in [6.07, 6.45) is -0.716. The van der Waals surface area contributed by atoms with E-state index in [-0.39, 0.29) is 47.4 Å². The zero-order chi connectivity index (χ0) is 26.8. The van der Waals surface area contributed by atoms with Gasteiger partial charge in [-0.05, 0) is 43.5 Å². The Balaban J connectivity index is 0.00000156. The molecule has 37 heavy (non-hydrogen) atoms. The highest BCUT2D eigenvalue weighted by atomic mass is 19.4. The van der Waals surface area contributed by atoms with Gasteiger partial charge in [0, 0.05) is 18.8 Å². The number of hydrogen-bond donors (Lipinski definition) is 2. The summed E-state index contributed by atoms with van der Waals surface area (Å²) < 4.78 is 72.8. The molecule has 5 rings (SSSR count). The minimum absolute atomic E-state index is 0.0159. The Kier molecular flexibility index (Phi) is 7.53. The number of nitrogens with zero attached hydrogens (tertiary/aromatic N) is 5. The van der Waals surface area contributed by atoms with Crippen LogP contribution in [0.5, 0.6) is 0 Å². The van der Waals surface area contributed by atoms with Crippen molar-refractivity contribution < 1.29 is 26.7 Å². The van der Waals surface area contributed by atoms with Gasteiger partial charge < -0.3 is 15.4 Å². The van der Waals surface area contributed by atoms with Crippen molar-refractivity contribution in [3.8, 4) is 11.5 Å². The van der Waals surface area contributed by atoms with Gasteiger partial charge in [-0.15, -0.1) is 0 Å². The fourth-order valence-electron chi connectivity index (χ4n) is 4.16. The third kappa shape index (κ3) is 6.27. The maximum atomic E-state index is 13.7. The first kappa shape index (κ1) is 26.6. The van der Waals surface area contributed by atoms with Crippen LogP contribution >= 0.6 is 0 Å². The molecule has 0 spiro atoms. The SMILES string of the molecule is CC.CC(F)(F)c1cc(Nc2nc(NC3CC4CCC3O4)nc(-c3cccc(C(F)(F)F)n3)n2)ccn1. The summed E-state index contributed by atoms with van der Waals surface area (Å²) in [4.78, 5) is 20.1. The van der Waals surface area contributed by atoms with Crippen LogP contribution in [-0.2, 0) is 16.8 Å². The number of nitrogens with one attached hydrogen (secondary N) is 2.